The topological polar surface area (TPSA) is 46.5 Å². The van der Waals surface area contributed by atoms with Crippen molar-refractivity contribution >= 4 is 5.97 Å². The average Bonchev–Trinajstić information content (AvgIpc) is 2.69. The van der Waals surface area contributed by atoms with E-state index in [4.69, 9.17) is 9.84 Å². The molecule has 0 heterocycles. The van der Waals surface area contributed by atoms with Crippen LogP contribution in [0.4, 0.5) is 13.2 Å². The first-order chi connectivity index (χ1) is 14.3. The van der Waals surface area contributed by atoms with Crippen LogP contribution in [0.3, 0.4) is 0 Å². The van der Waals surface area contributed by atoms with Crippen LogP contribution < -0.4 is 0 Å². The van der Waals surface area contributed by atoms with Crippen LogP contribution in [-0.2, 0) is 9.53 Å². The molecule has 0 aromatic heterocycles. The van der Waals surface area contributed by atoms with Gasteiger partial charge in [0, 0.05) is 6.42 Å². The molecule has 0 aliphatic carbocycles. The predicted octanol–water partition coefficient (Wildman–Crippen LogP) is 7.63. The van der Waals surface area contributed by atoms with Crippen molar-refractivity contribution in [2.45, 2.75) is 95.9 Å². The molecule has 0 unspecified atom stereocenters. The van der Waals surface area contributed by atoms with Gasteiger partial charge in [0.15, 0.2) is 6.10 Å². The Balaban J connectivity index is 2.68. The van der Waals surface area contributed by atoms with Crippen molar-refractivity contribution in [2.24, 2.45) is 0 Å². The Labute approximate surface area is 178 Å². The zero-order valence-corrected chi connectivity index (χ0v) is 17.9. The van der Waals surface area contributed by atoms with Crippen molar-refractivity contribution in [2.75, 3.05) is 0 Å². The minimum absolute atomic E-state index is 0.114. The Hall–Kier alpha value is -1.82. The van der Waals surface area contributed by atoms with Crippen LogP contribution in [-0.4, -0.2) is 23.4 Å². The van der Waals surface area contributed by atoms with Gasteiger partial charge in [0.25, 0.3) is 0 Å². The fourth-order valence-electron chi connectivity index (χ4n) is 3.27. The summed E-state index contributed by atoms with van der Waals surface area (Å²) >= 11 is 0. The van der Waals surface area contributed by atoms with Gasteiger partial charge in [-0.1, -0.05) is 87.9 Å². The van der Waals surface area contributed by atoms with Crippen LogP contribution in [0.5, 0.6) is 0 Å². The number of halogens is 3. The molecule has 0 bridgehead atoms. The number of carbonyl (C=O) groups is 1. The maximum Gasteiger partial charge on any atom is 0.418 e. The molecule has 1 aromatic carbocycles. The molecule has 0 fully saturated rings. The van der Waals surface area contributed by atoms with Gasteiger partial charge >= 0.3 is 12.1 Å². The van der Waals surface area contributed by atoms with Gasteiger partial charge in [-0.05, 0) is 31.2 Å². The summed E-state index contributed by atoms with van der Waals surface area (Å²) in [5.41, 5.74) is 0.114. The van der Waals surface area contributed by atoms with E-state index in [2.05, 4.69) is 6.92 Å². The molecule has 0 radical (unpaired) electrons. The van der Waals surface area contributed by atoms with Crippen molar-refractivity contribution in [3.8, 4) is 0 Å². The lowest BCUT2D eigenvalue weighted by Gasteiger charge is -2.25. The minimum Gasteiger partial charge on any atom is -0.481 e. The molecule has 6 heteroatoms. The lowest BCUT2D eigenvalue weighted by molar-refractivity contribution is -0.232. The summed E-state index contributed by atoms with van der Waals surface area (Å²) < 4.78 is 46.5. The number of aliphatic carboxylic acids is 1. The van der Waals surface area contributed by atoms with Gasteiger partial charge in [-0.25, -0.2) is 0 Å². The summed E-state index contributed by atoms with van der Waals surface area (Å²) in [6.07, 6.45) is 5.36. The maximum atomic E-state index is 13.7. The molecule has 0 saturated carbocycles. The number of carboxylic acid groups (broad SMARTS) is 1. The quantitative estimate of drug-likeness (QED) is 0.217. The van der Waals surface area contributed by atoms with Crippen LogP contribution in [0.25, 0.3) is 0 Å². The summed E-state index contributed by atoms with van der Waals surface area (Å²) in [7, 11) is 0. The molecule has 3 nitrogen and oxygen atoms in total. The Morgan fingerprint density at radius 1 is 1.03 bits per heavy atom. The van der Waals surface area contributed by atoms with Crippen molar-refractivity contribution in [1.29, 1.82) is 0 Å². The van der Waals surface area contributed by atoms with Crippen molar-refractivity contribution in [1.82, 2.24) is 0 Å². The molecule has 1 aromatic rings. The zero-order chi connectivity index (χ0) is 22.2. The maximum absolute atomic E-state index is 13.7. The molecule has 30 heavy (non-hydrogen) atoms. The summed E-state index contributed by atoms with van der Waals surface area (Å²) in [6.45, 7) is 2.12. The van der Waals surface area contributed by atoms with Gasteiger partial charge in [0.05, 0.1) is 6.10 Å². The van der Waals surface area contributed by atoms with Crippen molar-refractivity contribution < 1.29 is 27.8 Å². The molecule has 1 rings (SSSR count). The van der Waals surface area contributed by atoms with Crippen molar-refractivity contribution in [3.05, 3.63) is 48.0 Å². The second-order valence-electron chi connectivity index (χ2n) is 7.63. The molecular weight excluding hydrogens is 393 g/mol. The first kappa shape index (κ1) is 26.2. The van der Waals surface area contributed by atoms with Gasteiger partial charge in [0.2, 0.25) is 0 Å². The first-order valence-electron chi connectivity index (χ1n) is 11.0. The zero-order valence-electron chi connectivity index (χ0n) is 17.9. The van der Waals surface area contributed by atoms with Crippen LogP contribution in [0.15, 0.2) is 42.5 Å². The van der Waals surface area contributed by atoms with E-state index in [0.717, 1.165) is 44.9 Å². The summed E-state index contributed by atoms with van der Waals surface area (Å²) in [5, 5.41) is 8.65. The number of unbranched alkanes of at least 4 members (excludes halogenated alkanes) is 7. The molecule has 0 amide bonds. The Morgan fingerprint density at radius 2 is 1.70 bits per heavy atom. The lowest BCUT2D eigenvalue weighted by atomic mass is 10.1. The standard InChI is InChI=1S/C24H35F3O3/c1-2-3-4-6-12-17-21(18-13-7-5-8-14-19-22(28)29)30-23(24(25,26)27)20-15-10-9-11-16-20/h9-11,13,15-16,18,21,23H,2-8,12,14,17,19H2,1H3,(H,28,29)/b18-13+/t21-,23-/m0/s1. The second kappa shape index (κ2) is 15.1. The van der Waals surface area contributed by atoms with Crippen LogP contribution in [0.2, 0.25) is 0 Å². The van der Waals surface area contributed by atoms with Crippen LogP contribution in [0.1, 0.15) is 89.2 Å². The molecule has 2 atom stereocenters. The normalized spacial score (nSPS) is 14.1. The van der Waals surface area contributed by atoms with E-state index in [1.165, 1.54) is 12.1 Å². The van der Waals surface area contributed by atoms with E-state index in [-0.39, 0.29) is 12.0 Å². The third kappa shape index (κ3) is 12.0. The number of benzene rings is 1. The highest BCUT2D eigenvalue weighted by Crippen LogP contribution is 2.37. The van der Waals surface area contributed by atoms with E-state index >= 15 is 0 Å². The van der Waals surface area contributed by atoms with E-state index < -0.39 is 24.4 Å². The van der Waals surface area contributed by atoms with Crippen molar-refractivity contribution in [3.63, 3.8) is 0 Å². The third-order valence-electron chi connectivity index (χ3n) is 4.91. The molecule has 0 aliphatic heterocycles. The first-order valence-corrected chi connectivity index (χ1v) is 11.0. The van der Waals surface area contributed by atoms with Crippen LogP contribution >= 0.6 is 0 Å². The number of carboxylic acids is 1. The number of ether oxygens (including phenoxy) is 1. The third-order valence-corrected chi connectivity index (χ3v) is 4.91. The van der Waals surface area contributed by atoms with Gasteiger partial charge < -0.3 is 9.84 Å². The average molecular weight is 429 g/mol. The Bertz CT molecular complexity index is 599. The predicted molar refractivity (Wildman–Crippen MR) is 113 cm³/mol. The second-order valence-corrected chi connectivity index (χ2v) is 7.63. The largest absolute Gasteiger partial charge is 0.481 e. The van der Waals surface area contributed by atoms with Gasteiger partial charge in [0.1, 0.15) is 0 Å². The fraction of sp³-hybridized carbons (Fsp3) is 0.625. The van der Waals surface area contributed by atoms with E-state index in [9.17, 15) is 18.0 Å². The van der Waals surface area contributed by atoms with E-state index in [1.807, 2.05) is 6.08 Å². The van der Waals surface area contributed by atoms with Gasteiger partial charge in [-0.2, -0.15) is 13.2 Å². The number of rotatable bonds is 16. The van der Waals surface area contributed by atoms with Gasteiger partial charge in [-0.15, -0.1) is 0 Å². The van der Waals surface area contributed by atoms with Gasteiger partial charge in [-0.3, -0.25) is 4.79 Å². The highest BCUT2D eigenvalue weighted by molar-refractivity contribution is 5.66. The highest BCUT2D eigenvalue weighted by atomic mass is 19.4. The molecular formula is C24H35F3O3. The number of allylic oxidation sites excluding steroid dienone is 1. The molecule has 0 aliphatic rings. The molecule has 0 saturated heterocycles. The van der Waals surface area contributed by atoms with Crippen LogP contribution in [0, 0.1) is 0 Å². The number of hydrogen-bond donors (Lipinski definition) is 1. The Kier molecular flexibility index (Phi) is 13.2. The summed E-state index contributed by atoms with van der Waals surface area (Å²) in [5.74, 6) is -0.804. The van der Waals surface area contributed by atoms with E-state index in [1.54, 1.807) is 24.3 Å². The Morgan fingerprint density at radius 3 is 2.33 bits per heavy atom. The molecule has 1 N–H and O–H groups in total. The summed E-state index contributed by atoms with van der Waals surface area (Å²) in [4.78, 5) is 10.5. The highest BCUT2D eigenvalue weighted by Gasteiger charge is 2.42. The monoisotopic (exact) mass is 428 g/mol. The minimum atomic E-state index is -4.48. The summed E-state index contributed by atoms with van der Waals surface area (Å²) in [6, 6.07) is 7.76. The van der Waals surface area contributed by atoms with E-state index in [0.29, 0.717) is 19.3 Å². The molecule has 0 spiro atoms. The molecule has 170 valence electrons. The number of hydrogen-bond acceptors (Lipinski definition) is 2. The SMILES string of the molecule is CCCCCCC[C@@H](/C=C/CCCCCC(=O)O)O[C@@H](c1ccccc1)C(F)(F)F. The smallest absolute Gasteiger partial charge is 0.418 e. The lowest BCUT2D eigenvalue weighted by Crippen LogP contribution is -2.27. The number of alkyl halides is 3. The fourth-order valence-corrected chi connectivity index (χ4v) is 3.27.